The summed E-state index contributed by atoms with van der Waals surface area (Å²) in [6.07, 6.45) is -0.673. The first-order chi connectivity index (χ1) is 24.7. The molecule has 3 heterocycles. The molecule has 2 N–H and O–H groups in total. The van der Waals surface area contributed by atoms with Gasteiger partial charge in [0.05, 0.1) is 39.6 Å². The number of H-pyrrole nitrogens is 1. The molecule has 0 spiro atoms. The van der Waals surface area contributed by atoms with E-state index >= 15 is 0 Å². The van der Waals surface area contributed by atoms with Gasteiger partial charge >= 0.3 is 12.1 Å². The highest BCUT2D eigenvalue weighted by atomic mass is 32.2. The van der Waals surface area contributed by atoms with Gasteiger partial charge in [0, 0.05) is 43.9 Å². The summed E-state index contributed by atoms with van der Waals surface area (Å²) in [5.74, 6) is -0.647. The molecule has 0 radical (unpaired) electrons. The molecule has 270 valence electrons. The molecule has 3 aromatic heterocycles. The number of carboxylic acids is 1. The minimum Gasteiger partial charge on any atom is -0.487 e. The molecule has 0 saturated heterocycles. The summed E-state index contributed by atoms with van der Waals surface area (Å²) in [5, 5.41) is 11.8. The highest BCUT2D eigenvalue weighted by Gasteiger charge is 2.45. The second kappa shape index (κ2) is 14.6. The minimum absolute atomic E-state index is 0.202. The van der Waals surface area contributed by atoms with E-state index in [4.69, 9.17) is 4.74 Å². The molecule has 3 aromatic carbocycles. The Bertz CT molecular complexity index is 2190. The zero-order valence-corrected chi connectivity index (χ0v) is 30.5. The number of aromatic nitrogens is 4. The Morgan fingerprint density at radius 1 is 0.904 bits per heavy atom. The molecule has 0 aliphatic carbocycles. The summed E-state index contributed by atoms with van der Waals surface area (Å²) >= 11 is 1.69. The Morgan fingerprint density at radius 2 is 1.62 bits per heavy atom. The van der Waals surface area contributed by atoms with Crippen LogP contribution in [0.2, 0.25) is 0 Å². The third-order valence-corrected chi connectivity index (χ3v) is 10.8. The molecule has 0 amide bonds. The number of benzene rings is 3. The lowest BCUT2D eigenvalue weighted by Gasteiger charge is -2.36. The van der Waals surface area contributed by atoms with E-state index in [1.165, 1.54) is 6.07 Å². The van der Waals surface area contributed by atoms with Crippen molar-refractivity contribution in [3.8, 4) is 17.0 Å². The molecule has 1 unspecified atom stereocenters. The van der Waals surface area contributed by atoms with Crippen molar-refractivity contribution in [3.05, 3.63) is 114 Å². The van der Waals surface area contributed by atoms with Crippen LogP contribution < -0.4 is 4.74 Å². The maximum atomic E-state index is 13.3. The minimum atomic E-state index is -4.46. The lowest BCUT2D eigenvalue weighted by Crippen LogP contribution is -2.38. The fourth-order valence-electron chi connectivity index (χ4n) is 6.69. The number of alkyl halides is 3. The summed E-state index contributed by atoms with van der Waals surface area (Å²) in [6, 6.07) is 23.4. The van der Waals surface area contributed by atoms with Crippen LogP contribution in [0, 0.1) is 5.41 Å². The molecule has 0 bridgehead atoms. The van der Waals surface area contributed by atoms with Gasteiger partial charge in [0.15, 0.2) is 0 Å². The average Bonchev–Trinajstić information content (AvgIpc) is 3.46. The molecule has 0 fully saturated rings. The van der Waals surface area contributed by atoms with Crippen molar-refractivity contribution >= 4 is 39.7 Å². The smallest absolute Gasteiger partial charge is 0.417 e. The Kier molecular flexibility index (Phi) is 10.4. The van der Waals surface area contributed by atoms with Gasteiger partial charge in [-0.15, -0.1) is 11.8 Å². The van der Waals surface area contributed by atoms with Crippen LogP contribution in [0.4, 0.5) is 13.2 Å². The molecule has 0 aliphatic rings. The largest absolute Gasteiger partial charge is 0.487 e. The van der Waals surface area contributed by atoms with Crippen molar-refractivity contribution in [1.29, 1.82) is 0 Å². The number of hydrogen-bond acceptors (Lipinski definition) is 6. The van der Waals surface area contributed by atoms with Crippen molar-refractivity contribution in [2.75, 3.05) is 0 Å². The Labute approximate surface area is 305 Å². The van der Waals surface area contributed by atoms with Crippen LogP contribution in [0.1, 0.15) is 75.9 Å². The number of ether oxygens (including phenoxy) is 1. The van der Waals surface area contributed by atoms with Gasteiger partial charge in [-0.2, -0.15) is 13.2 Å². The number of para-hydroxylation sites is 2. The zero-order chi connectivity index (χ0) is 37.3. The summed E-state index contributed by atoms with van der Waals surface area (Å²) in [4.78, 5) is 31.1. The maximum absolute atomic E-state index is 13.3. The first-order valence-electron chi connectivity index (χ1n) is 17.2. The van der Waals surface area contributed by atoms with E-state index < -0.39 is 29.0 Å². The lowest BCUT2D eigenvalue weighted by molar-refractivity contribution is -0.151. The summed E-state index contributed by atoms with van der Waals surface area (Å²) < 4.78 is 45.3. The van der Waals surface area contributed by atoms with Crippen LogP contribution in [-0.2, 0) is 24.0 Å². The number of carboxylic acid groups (broad SMARTS) is 1. The maximum Gasteiger partial charge on any atom is 0.417 e. The predicted octanol–water partition coefficient (Wildman–Crippen LogP) is 10.9. The van der Waals surface area contributed by atoms with Gasteiger partial charge in [-0.3, -0.25) is 14.8 Å². The number of rotatable bonds is 12. The topological polar surface area (TPSA) is 101 Å². The molecule has 7 nitrogen and oxygen atoms in total. The van der Waals surface area contributed by atoms with Gasteiger partial charge in [-0.25, -0.2) is 4.98 Å². The normalized spacial score (nSPS) is 13.1. The van der Waals surface area contributed by atoms with E-state index in [9.17, 15) is 23.1 Å². The van der Waals surface area contributed by atoms with Crippen molar-refractivity contribution in [3.63, 3.8) is 0 Å². The number of aliphatic carboxylic acids is 1. The van der Waals surface area contributed by atoms with Crippen LogP contribution in [0.15, 0.2) is 96.2 Å². The van der Waals surface area contributed by atoms with Crippen molar-refractivity contribution in [1.82, 2.24) is 19.9 Å². The first kappa shape index (κ1) is 36.9. The van der Waals surface area contributed by atoms with E-state index in [2.05, 4.69) is 40.7 Å². The molecule has 0 saturated carbocycles. The van der Waals surface area contributed by atoms with Crippen LogP contribution in [0.25, 0.3) is 33.2 Å². The standard InChI is InChI=1S/C41H41F3N4O3S/c1-6-40(7-2,38(49)50)31(20-25-12-14-26(15-13-25)32-18-16-27(22-45-32)41(42,43)44)36-37(52-39(3,4)5)30-21-29(17-19-33(30)48-36)51-24-28-23-46-34-10-8-9-11-35(34)47-28/h8-19,21-23,31,48H,6-7,20,24H2,1-5H3,(H,49,50). The third kappa shape index (κ3) is 7.79. The predicted molar refractivity (Wildman–Crippen MR) is 200 cm³/mol. The molecule has 6 rings (SSSR count). The number of halogens is 3. The van der Waals surface area contributed by atoms with Crippen LogP contribution in [0.3, 0.4) is 0 Å². The molecule has 1 atom stereocenters. The number of thioether (sulfide) groups is 1. The average molecular weight is 727 g/mol. The number of hydrogen-bond donors (Lipinski definition) is 2. The van der Waals surface area contributed by atoms with Crippen molar-refractivity contribution in [2.45, 2.75) is 82.2 Å². The quantitative estimate of drug-likeness (QED) is 0.121. The van der Waals surface area contributed by atoms with Gasteiger partial charge in [0.1, 0.15) is 12.4 Å². The van der Waals surface area contributed by atoms with Crippen molar-refractivity contribution < 1.29 is 27.8 Å². The molecule has 52 heavy (non-hydrogen) atoms. The second-order valence-corrected chi connectivity index (χ2v) is 15.8. The van der Waals surface area contributed by atoms with Gasteiger partial charge in [-0.1, -0.05) is 71.0 Å². The van der Waals surface area contributed by atoms with Crippen LogP contribution in [-0.4, -0.2) is 35.8 Å². The summed E-state index contributed by atoms with van der Waals surface area (Å²) in [6.45, 7) is 10.5. The molecular weight excluding hydrogens is 686 g/mol. The second-order valence-electron chi connectivity index (χ2n) is 14.0. The van der Waals surface area contributed by atoms with Gasteiger partial charge in [0.25, 0.3) is 0 Å². The van der Waals surface area contributed by atoms with Gasteiger partial charge in [0.2, 0.25) is 0 Å². The van der Waals surface area contributed by atoms with E-state index in [1.54, 1.807) is 18.0 Å². The van der Waals surface area contributed by atoms with Crippen LogP contribution >= 0.6 is 11.8 Å². The zero-order valence-electron chi connectivity index (χ0n) is 29.7. The lowest BCUT2D eigenvalue weighted by atomic mass is 9.67. The van der Waals surface area contributed by atoms with Crippen LogP contribution in [0.5, 0.6) is 5.75 Å². The van der Waals surface area contributed by atoms with E-state index in [0.29, 0.717) is 42.0 Å². The number of nitrogens with zero attached hydrogens (tertiary/aromatic N) is 3. The summed E-state index contributed by atoms with van der Waals surface area (Å²) in [5.41, 5.74) is 4.14. The number of nitrogens with one attached hydrogen (secondary N) is 1. The molecular formula is C41H41F3N4O3S. The highest BCUT2D eigenvalue weighted by Crippen LogP contribution is 2.50. The molecule has 6 aromatic rings. The molecule has 11 heteroatoms. The Morgan fingerprint density at radius 3 is 2.23 bits per heavy atom. The third-order valence-electron chi connectivity index (χ3n) is 9.53. The number of carbonyl (C=O) groups is 1. The highest BCUT2D eigenvalue weighted by molar-refractivity contribution is 8.00. The number of fused-ring (bicyclic) bond motifs is 2. The van der Waals surface area contributed by atoms with Gasteiger partial charge < -0.3 is 14.8 Å². The number of aromatic amines is 1. The van der Waals surface area contributed by atoms with E-state index in [0.717, 1.165) is 50.4 Å². The SMILES string of the molecule is CCC(CC)(C(=O)O)C(Cc1ccc(-c2ccc(C(F)(F)F)cn2)cc1)c1[nH]c2ccc(OCc3cnc4ccccc4n3)cc2c1SC(C)(C)C. The Balaban J connectivity index is 1.37. The Hall–Kier alpha value is -4.90. The first-order valence-corrected chi connectivity index (χ1v) is 18.1. The fourth-order valence-corrected chi connectivity index (χ4v) is 7.88. The van der Waals surface area contributed by atoms with Gasteiger partial charge in [-0.05, 0) is 67.3 Å². The van der Waals surface area contributed by atoms with E-state index in [-0.39, 0.29) is 11.4 Å². The molecule has 0 aliphatic heterocycles. The van der Waals surface area contributed by atoms with E-state index in [1.807, 2.05) is 80.6 Å². The van der Waals surface area contributed by atoms with Crippen molar-refractivity contribution in [2.24, 2.45) is 5.41 Å². The summed E-state index contributed by atoms with van der Waals surface area (Å²) in [7, 11) is 0. The number of pyridine rings is 1. The fraction of sp³-hybridized carbons (Fsp3) is 0.317. The monoisotopic (exact) mass is 726 g/mol.